The van der Waals surface area contributed by atoms with Crippen LogP contribution in [-0.2, 0) is 4.79 Å². The van der Waals surface area contributed by atoms with Gasteiger partial charge < -0.3 is 4.42 Å². The predicted octanol–water partition coefficient (Wildman–Crippen LogP) is 2.80. The average molecular weight is 237 g/mol. The standard InChI is InChI=1S/C12H9F2NO2/c1-5(16)6-2-7(6)12-15-10-3-8(13)9(14)4-11(10)17-12/h3-4,6-7H,2H2,1H3/t6-,7+/m1/s1. The quantitative estimate of drug-likeness (QED) is 0.806. The van der Waals surface area contributed by atoms with Crippen LogP contribution in [0.3, 0.4) is 0 Å². The number of ketones is 1. The Morgan fingerprint density at radius 3 is 2.76 bits per heavy atom. The number of oxazole rings is 1. The van der Waals surface area contributed by atoms with Crippen molar-refractivity contribution >= 4 is 16.9 Å². The number of hydrogen-bond acceptors (Lipinski definition) is 3. The molecule has 0 saturated heterocycles. The van der Waals surface area contributed by atoms with Crippen molar-refractivity contribution in [1.82, 2.24) is 4.98 Å². The molecule has 1 aromatic heterocycles. The van der Waals surface area contributed by atoms with Crippen molar-refractivity contribution in [3.8, 4) is 0 Å². The Labute approximate surface area is 95.4 Å². The zero-order chi connectivity index (χ0) is 12.2. The van der Waals surface area contributed by atoms with Crippen molar-refractivity contribution in [2.45, 2.75) is 19.3 Å². The maximum absolute atomic E-state index is 13.0. The van der Waals surface area contributed by atoms with Crippen molar-refractivity contribution in [3.63, 3.8) is 0 Å². The summed E-state index contributed by atoms with van der Waals surface area (Å²) in [6, 6.07) is 1.98. The maximum atomic E-state index is 13.0. The molecule has 2 aromatic rings. The van der Waals surface area contributed by atoms with Gasteiger partial charge in [0.05, 0.1) is 0 Å². The van der Waals surface area contributed by atoms with E-state index in [2.05, 4.69) is 4.98 Å². The molecule has 3 rings (SSSR count). The van der Waals surface area contributed by atoms with Gasteiger partial charge in [0, 0.05) is 24.0 Å². The highest BCUT2D eigenvalue weighted by Crippen LogP contribution is 2.48. The number of fused-ring (bicyclic) bond motifs is 1. The van der Waals surface area contributed by atoms with Crippen LogP contribution in [0.4, 0.5) is 8.78 Å². The van der Waals surface area contributed by atoms with Crippen molar-refractivity contribution in [2.24, 2.45) is 5.92 Å². The molecule has 1 heterocycles. The molecule has 1 aliphatic rings. The zero-order valence-electron chi connectivity index (χ0n) is 9.04. The molecule has 0 N–H and O–H groups in total. The van der Waals surface area contributed by atoms with Crippen LogP contribution in [0.1, 0.15) is 25.2 Å². The fraction of sp³-hybridized carbons (Fsp3) is 0.333. The van der Waals surface area contributed by atoms with E-state index >= 15 is 0 Å². The highest BCUT2D eigenvalue weighted by atomic mass is 19.2. The molecule has 3 nitrogen and oxygen atoms in total. The van der Waals surface area contributed by atoms with Crippen LogP contribution in [0, 0.1) is 17.6 Å². The van der Waals surface area contributed by atoms with Gasteiger partial charge in [-0.1, -0.05) is 0 Å². The smallest absolute Gasteiger partial charge is 0.199 e. The monoisotopic (exact) mass is 237 g/mol. The second-order valence-electron chi connectivity index (χ2n) is 4.35. The van der Waals surface area contributed by atoms with Gasteiger partial charge in [-0.3, -0.25) is 4.79 Å². The average Bonchev–Trinajstić information content (AvgIpc) is 2.96. The molecule has 1 aliphatic carbocycles. The van der Waals surface area contributed by atoms with Crippen LogP contribution in [0.25, 0.3) is 11.1 Å². The minimum absolute atomic E-state index is 0.0361. The molecule has 17 heavy (non-hydrogen) atoms. The predicted molar refractivity (Wildman–Crippen MR) is 55.5 cm³/mol. The third-order valence-corrected chi connectivity index (χ3v) is 3.08. The number of Topliss-reactive ketones (excluding diaryl/α,β-unsaturated/α-hetero) is 1. The van der Waals surface area contributed by atoms with Crippen molar-refractivity contribution in [3.05, 3.63) is 29.7 Å². The lowest BCUT2D eigenvalue weighted by Crippen LogP contribution is -1.94. The topological polar surface area (TPSA) is 43.1 Å². The SMILES string of the molecule is CC(=O)[C@H]1C[C@@H]1c1nc2cc(F)c(F)cc2o1. The lowest BCUT2D eigenvalue weighted by molar-refractivity contribution is -0.118. The molecule has 88 valence electrons. The van der Waals surface area contributed by atoms with Crippen LogP contribution in [0.15, 0.2) is 16.5 Å². The lowest BCUT2D eigenvalue weighted by Gasteiger charge is -1.89. The summed E-state index contributed by atoms with van der Waals surface area (Å²) >= 11 is 0. The van der Waals surface area contributed by atoms with Crippen LogP contribution in [0.5, 0.6) is 0 Å². The third kappa shape index (κ3) is 1.62. The van der Waals surface area contributed by atoms with Gasteiger partial charge in [-0.05, 0) is 13.3 Å². The molecular weight excluding hydrogens is 228 g/mol. The highest BCUT2D eigenvalue weighted by Gasteiger charge is 2.45. The first-order chi connectivity index (χ1) is 8.06. The van der Waals surface area contributed by atoms with Crippen LogP contribution < -0.4 is 0 Å². The summed E-state index contributed by atoms with van der Waals surface area (Å²) < 4.78 is 31.3. The van der Waals surface area contributed by atoms with E-state index in [1.807, 2.05) is 0 Å². The Morgan fingerprint density at radius 2 is 2.12 bits per heavy atom. The molecule has 2 atom stereocenters. The lowest BCUT2D eigenvalue weighted by atomic mass is 10.2. The molecule has 0 radical (unpaired) electrons. The van der Waals surface area contributed by atoms with Crippen LogP contribution in [0.2, 0.25) is 0 Å². The molecule has 5 heteroatoms. The van der Waals surface area contributed by atoms with Gasteiger partial charge >= 0.3 is 0 Å². The van der Waals surface area contributed by atoms with Crippen molar-refractivity contribution in [2.75, 3.05) is 0 Å². The summed E-state index contributed by atoms with van der Waals surface area (Å²) in [4.78, 5) is 15.2. The molecule has 0 bridgehead atoms. The number of halogens is 2. The Balaban J connectivity index is 2.01. The summed E-state index contributed by atoms with van der Waals surface area (Å²) in [5.41, 5.74) is 0.501. The van der Waals surface area contributed by atoms with E-state index in [9.17, 15) is 13.6 Å². The molecule has 1 aromatic carbocycles. The van der Waals surface area contributed by atoms with Crippen LogP contribution >= 0.6 is 0 Å². The molecule has 0 aliphatic heterocycles. The molecule has 1 saturated carbocycles. The number of hydrogen-bond donors (Lipinski definition) is 0. The van der Waals surface area contributed by atoms with Gasteiger partial charge in [0.1, 0.15) is 11.3 Å². The zero-order valence-corrected chi connectivity index (χ0v) is 9.04. The Kier molecular flexibility index (Phi) is 2.05. The second kappa shape index (κ2) is 3.35. The summed E-state index contributed by atoms with van der Waals surface area (Å²) in [6.45, 7) is 1.52. The number of aromatic nitrogens is 1. The fourth-order valence-corrected chi connectivity index (χ4v) is 2.02. The van der Waals surface area contributed by atoms with E-state index < -0.39 is 11.6 Å². The van der Waals surface area contributed by atoms with Crippen molar-refractivity contribution < 1.29 is 18.0 Å². The minimum Gasteiger partial charge on any atom is -0.440 e. The molecule has 1 fully saturated rings. The molecule has 0 unspecified atom stereocenters. The summed E-state index contributed by atoms with van der Waals surface area (Å²) in [6.07, 6.45) is 0.702. The normalized spacial score (nSPS) is 23.0. The fourth-order valence-electron chi connectivity index (χ4n) is 2.02. The Morgan fingerprint density at radius 1 is 1.41 bits per heavy atom. The largest absolute Gasteiger partial charge is 0.440 e. The minimum atomic E-state index is -0.959. The van der Waals surface area contributed by atoms with Gasteiger partial charge in [-0.15, -0.1) is 0 Å². The summed E-state index contributed by atoms with van der Waals surface area (Å²) in [5, 5.41) is 0. The number of carbonyl (C=O) groups is 1. The van der Waals surface area contributed by atoms with Gasteiger partial charge in [-0.2, -0.15) is 0 Å². The second-order valence-corrected chi connectivity index (χ2v) is 4.35. The summed E-state index contributed by atoms with van der Waals surface area (Å²) in [7, 11) is 0. The van der Waals surface area contributed by atoms with E-state index in [1.54, 1.807) is 0 Å². The number of carbonyl (C=O) groups excluding carboxylic acids is 1. The van der Waals surface area contributed by atoms with Gasteiger partial charge in [0.15, 0.2) is 23.1 Å². The van der Waals surface area contributed by atoms with E-state index in [4.69, 9.17) is 4.42 Å². The molecule has 0 amide bonds. The first-order valence-electron chi connectivity index (χ1n) is 5.32. The molecular formula is C12H9F2NO2. The first-order valence-corrected chi connectivity index (χ1v) is 5.32. The van der Waals surface area contributed by atoms with Crippen LogP contribution in [-0.4, -0.2) is 10.8 Å². The Hall–Kier alpha value is -1.78. The number of benzene rings is 1. The van der Waals surface area contributed by atoms with Gasteiger partial charge in [-0.25, -0.2) is 13.8 Å². The number of rotatable bonds is 2. The third-order valence-electron chi connectivity index (χ3n) is 3.08. The van der Waals surface area contributed by atoms with Crippen molar-refractivity contribution in [1.29, 1.82) is 0 Å². The highest BCUT2D eigenvalue weighted by molar-refractivity contribution is 5.82. The van der Waals surface area contributed by atoms with E-state index in [0.29, 0.717) is 12.3 Å². The maximum Gasteiger partial charge on any atom is 0.199 e. The van der Waals surface area contributed by atoms with E-state index in [1.165, 1.54) is 6.92 Å². The first kappa shape index (κ1) is 10.4. The van der Waals surface area contributed by atoms with E-state index in [-0.39, 0.29) is 28.7 Å². The number of nitrogens with zero attached hydrogens (tertiary/aromatic N) is 1. The van der Waals surface area contributed by atoms with Gasteiger partial charge in [0.2, 0.25) is 0 Å². The van der Waals surface area contributed by atoms with E-state index in [0.717, 1.165) is 12.1 Å². The van der Waals surface area contributed by atoms with Gasteiger partial charge in [0.25, 0.3) is 0 Å². The Bertz CT molecular complexity index is 581. The molecule has 0 spiro atoms. The summed E-state index contributed by atoms with van der Waals surface area (Å²) in [5.74, 6) is -1.51.